The molecule has 0 saturated carbocycles. The van der Waals surface area contributed by atoms with Crippen molar-refractivity contribution in [2.75, 3.05) is 4.90 Å². The Morgan fingerprint density at radius 1 is 0.271 bits per heavy atom. The van der Waals surface area contributed by atoms with Gasteiger partial charge in [0.25, 0.3) is 0 Å². The largest absolute Gasteiger partial charge is 0.310 e. The summed E-state index contributed by atoms with van der Waals surface area (Å²) in [4.78, 5) is 2.51. The van der Waals surface area contributed by atoms with E-state index in [1.807, 2.05) is 0 Å². The van der Waals surface area contributed by atoms with Crippen LogP contribution >= 0.6 is 0 Å². The fourth-order valence-corrected chi connectivity index (χ4v) is 13.3. The van der Waals surface area contributed by atoms with Crippen molar-refractivity contribution in [3.05, 3.63) is 311 Å². The molecule has 1 aromatic heterocycles. The Labute approximate surface area is 407 Å². The molecule has 0 amide bonds. The lowest BCUT2D eigenvalue weighted by atomic mass is 9.68. The summed E-state index contributed by atoms with van der Waals surface area (Å²) in [6, 6.07) is 99.7. The maximum atomic E-state index is 2.51. The van der Waals surface area contributed by atoms with E-state index in [-0.39, 0.29) is 0 Å². The second kappa shape index (κ2) is 14.8. The Bertz CT molecular complexity index is 3920. The first-order chi connectivity index (χ1) is 34.8. The lowest BCUT2D eigenvalue weighted by Gasteiger charge is -2.35. The number of aromatic nitrogens is 1. The lowest BCUT2D eigenvalue weighted by Crippen LogP contribution is -2.28. The maximum Gasteiger partial charge on any atom is 0.0726 e. The first kappa shape index (κ1) is 39.1. The van der Waals surface area contributed by atoms with Crippen LogP contribution in [0.15, 0.2) is 267 Å². The van der Waals surface area contributed by atoms with Crippen LogP contribution in [-0.4, -0.2) is 4.57 Å². The Morgan fingerprint density at radius 3 is 1.19 bits per heavy atom. The van der Waals surface area contributed by atoms with Gasteiger partial charge >= 0.3 is 0 Å². The van der Waals surface area contributed by atoms with E-state index in [0.29, 0.717) is 0 Å². The number of nitrogens with zero attached hydrogens (tertiary/aromatic N) is 2. The number of hydrogen-bond donors (Lipinski definition) is 0. The highest BCUT2D eigenvalue weighted by atomic mass is 15.1. The van der Waals surface area contributed by atoms with Crippen LogP contribution in [-0.2, 0) is 10.8 Å². The summed E-state index contributed by atoms with van der Waals surface area (Å²) >= 11 is 0. The fraction of sp³-hybridized carbons (Fsp3) is 0.0294. The number of benzene rings is 11. The number of fused-ring (bicyclic) bond motifs is 16. The molecule has 0 bridgehead atoms. The Kier molecular flexibility index (Phi) is 8.24. The van der Waals surface area contributed by atoms with Crippen LogP contribution in [0.1, 0.15) is 44.5 Å². The van der Waals surface area contributed by atoms with Crippen molar-refractivity contribution in [3.63, 3.8) is 0 Å². The van der Waals surface area contributed by atoms with Crippen molar-refractivity contribution in [1.29, 1.82) is 0 Å². The van der Waals surface area contributed by atoms with Crippen LogP contribution in [0, 0.1) is 0 Å². The van der Waals surface area contributed by atoms with Gasteiger partial charge < -0.3 is 9.47 Å². The minimum atomic E-state index is -0.496. The second-order valence-electron chi connectivity index (χ2n) is 19.1. The summed E-state index contributed by atoms with van der Waals surface area (Å²) in [6.45, 7) is 0. The van der Waals surface area contributed by atoms with E-state index in [1.54, 1.807) is 0 Å². The monoisotopic (exact) mass is 888 g/mol. The van der Waals surface area contributed by atoms with E-state index < -0.39 is 10.8 Å². The molecule has 2 nitrogen and oxygen atoms in total. The molecule has 326 valence electrons. The van der Waals surface area contributed by atoms with E-state index in [1.165, 1.54) is 99.7 Å². The van der Waals surface area contributed by atoms with E-state index in [2.05, 4.69) is 276 Å². The number of hydrogen-bond acceptors (Lipinski definition) is 1. The minimum absolute atomic E-state index is 0.462. The molecule has 15 rings (SSSR count). The average molecular weight is 889 g/mol. The highest BCUT2D eigenvalue weighted by Gasteiger charge is 2.52. The summed E-state index contributed by atoms with van der Waals surface area (Å²) in [6.07, 6.45) is 0. The molecule has 3 aliphatic carbocycles. The van der Waals surface area contributed by atoms with E-state index in [4.69, 9.17) is 0 Å². The Hall–Kier alpha value is -8.98. The van der Waals surface area contributed by atoms with Gasteiger partial charge in [0.2, 0.25) is 0 Å². The first-order valence-corrected chi connectivity index (χ1v) is 24.4. The van der Waals surface area contributed by atoms with Crippen molar-refractivity contribution in [1.82, 2.24) is 4.57 Å². The highest BCUT2D eigenvalue weighted by Crippen LogP contribution is 2.65. The van der Waals surface area contributed by atoms with Gasteiger partial charge in [-0.3, -0.25) is 0 Å². The van der Waals surface area contributed by atoms with Gasteiger partial charge in [0.15, 0.2) is 0 Å². The summed E-state index contributed by atoms with van der Waals surface area (Å²) in [5.41, 5.74) is 24.1. The number of para-hydroxylation sites is 2. The van der Waals surface area contributed by atoms with Crippen molar-refractivity contribution < 1.29 is 0 Å². The number of rotatable bonds is 6. The molecule has 2 heteroatoms. The zero-order valence-electron chi connectivity index (χ0n) is 38.3. The SMILES string of the molecule is c1ccc(C2(c3ccc(N(c4ccc(-n5c6ccccc6c6ccccc65)cc4)c4cccc5c4-c4ccccc4C54c5ccccc5-c5ccccc54)cc3)c3ccccc3-c3ccccc32)cc1. The molecule has 12 aromatic rings. The van der Waals surface area contributed by atoms with Crippen molar-refractivity contribution in [2.45, 2.75) is 10.8 Å². The summed E-state index contributed by atoms with van der Waals surface area (Å²) < 4.78 is 2.41. The molecule has 0 radical (unpaired) electrons. The number of anilines is 3. The van der Waals surface area contributed by atoms with Crippen LogP contribution in [0.4, 0.5) is 17.1 Å². The molecule has 0 atom stereocenters. The normalized spacial score (nSPS) is 13.9. The first-order valence-electron chi connectivity index (χ1n) is 24.4. The van der Waals surface area contributed by atoms with Gasteiger partial charge in [-0.15, -0.1) is 0 Å². The molecule has 0 unspecified atom stereocenters. The molecule has 3 aliphatic rings. The fourth-order valence-electron chi connectivity index (χ4n) is 13.3. The lowest BCUT2D eigenvalue weighted by molar-refractivity contribution is 0.768. The van der Waals surface area contributed by atoms with Gasteiger partial charge in [-0.05, 0) is 127 Å². The smallest absolute Gasteiger partial charge is 0.0726 e. The predicted octanol–water partition coefficient (Wildman–Crippen LogP) is 17.0. The van der Waals surface area contributed by atoms with Crippen LogP contribution in [0.25, 0.3) is 60.9 Å². The third-order valence-electron chi connectivity index (χ3n) is 15.9. The summed E-state index contributed by atoms with van der Waals surface area (Å²) in [5, 5.41) is 2.51. The predicted molar refractivity (Wildman–Crippen MR) is 289 cm³/mol. The Balaban J connectivity index is 0.969. The van der Waals surface area contributed by atoms with Crippen LogP contribution < -0.4 is 4.90 Å². The van der Waals surface area contributed by atoms with Crippen LogP contribution in [0.5, 0.6) is 0 Å². The van der Waals surface area contributed by atoms with Gasteiger partial charge in [0, 0.05) is 33.4 Å². The summed E-state index contributed by atoms with van der Waals surface area (Å²) in [7, 11) is 0. The molecule has 1 spiro atoms. The Morgan fingerprint density at radius 2 is 0.657 bits per heavy atom. The molecule has 0 fully saturated rings. The quantitative estimate of drug-likeness (QED) is 0.161. The van der Waals surface area contributed by atoms with Crippen molar-refractivity contribution in [2.24, 2.45) is 0 Å². The zero-order valence-corrected chi connectivity index (χ0v) is 38.3. The van der Waals surface area contributed by atoms with E-state index in [0.717, 1.165) is 22.7 Å². The molecule has 11 aromatic carbocycles. The molecular formula is C68H44N2. The third kappa shape index (κ3) is 5.07. The topological polar surface area (TPSA) is 8.17 Å². The molecule has 0 aliphatic heterocycles. The zero-order chi connectivity index (χ0) is 46.0. The molecule has 70 heavy (non-hydrogen) atoms. The summed E-state index contributed by atoms with van der Waals surface area (Å²) in [5.74, 6) is 0. The standard InChI is InChI=1S/C68H44N2/c1-2-19-45(20-3-1)67(57-28-11-4-21-50(57)51-22-5-12-29-58(51)67)46-37-39-47(40-38-46)69(48-41-43-49(44-42-48)70-63-34-16-9-25-54(63)55-26-10-17-35-64(55)70)65-36-18-33-62-66(65)56-27-8-15-32-61(56)68(62)59-30-13-6-23-52(59)53-24-7-14-31-60(53)68/h1-44H. The molecule has 0 N–H and O–H groups in total. The molecule has 1 heterocycles. The molecule has 0 saturated heterocycles. The van der Waals surface area contributed by atoms with Crippen LogP contribution in [0.3, 0.4) is 0 Å². The van der Waals surface area contributed by atoms with Crippen molar-refractivity contribution >= 4 is 38.9 Å². The average Bonchev–Trinajstić information content (AvgIpc) is 4.13. The van der Waals surface area contributed by atoms with E-state index in [9.17, 15) is 0 Å². The minimum Gasteiger partial charge on any atom is -0.310 e. The van der Waals surface area contributed by atoms with Gasteiger partial charge in [0.1, 0.15) is 0 Å². The van der Waals surface area contributed by atoms with Gasteiger partial charge in [-0.2, -0.15) is 0 Å². The van der Waals surface area contributed by atoms with Gasteiger partial charge in [0.05, 0.1) is 27.6 Å². The second-order valence-corrected chi connectivity index (χ2v) is 19.1. The maximum absolute atomic E-state index is 2.51. The van der Waals surface area contributed by atoms with E-state index >= 15 is 0 Å². The highest BCUT2D eigenvalue weighted by molar-refractivity contribution is 6.09. The molecular weight excluding hydrogens is 845 g/mol. The van der Waals surface area contributed by atoms with Gasteiger partial charge in [-0.25, -0.2) is 0 Å². The van der Waals surface area contributed by atoms with Crippen molar-refractivity contribution in [3.8, 4) is 39.1 Å². The van der Waals surface area contributed by atoms with Crippen LogP contribution in [0.2, 0.25) is 0 Å². The van der Waals surface area contributed by atoms with Gasteiger partial charge in [-0.1, -0.05) is 212 Å². The third-order valence-corrected chi connectivity index (χ3v) is 15.9.